The third-order valence-corrected chi connectivity index (χ3v) is 5.71. The minimum atomic E-state index is -0.533. The molecule has 158 valence electrons. The Morgan fingerprint density at radius 3 is 2.87 bits per heavy atom. The van der Waals surface area contributed by atoms with Crippen molar-refractivity contribution in [1.29, 1.82) is 5.26 Å². The van der Waals surface area contributed by atoms with Crippen LogP contribution in [-0.2, 0) is 11.2 Å². The summed E-state index contributed by atoms with van der Waals surface area (Å²) in [4.78, 5) is 17.8. The Morgan fingerprint density at radius 1 is 1.29 bits per heavy atom. The highest BCUT2D eigenvalue weighted by atomic mass is 35.5. The van der Waals surface area contributed by atoms with Crippen molar-refractivity contribution in [3.05, 3.63) is 80.3 Å². The number of nitrogens with zero attached hydrogens (tertiary/aromatic N) is 2. The average Bonchev–Trinajstić information content (AvgIpc) is 3.20. The number of aromatic nitrogens is 1. The lowest BCUT2D eigenvalue weighted by Crippen LogP contribution is -2.13. The van der Waals surface area contributed by atoms with E-state index in [0.29, 0.717) is 39.5 Å². The number of hydrogen-bond acceptors (Lipinski definition) is 5. The van der Waals surface area contributed by atoms with E-state index < -0.39 is 5.91 Å². The van der Waals surface area contributed by atoms with Crippen molar-refractivity contribution in [2.24, 2.45) is 0 Å². The van der Waals surface area contributed by atoms with E-state index in [1.165, 1.54) is 17.4 Å². The van der Waals surface area contributed by atoms with Crippen LogP contribution in [0.1, 0.15) is 29.3 Å². The van der Waals surface area contributed by atoms with Crippen LogP contribution in [-0.4, -0.2) is 17.5 Å². The van der Waals surface area contributed by atoms with Crippen molar-refractivity contribution in [3.63, 3.8) is 0 Å². The standard InChI is InChI=1S/C23H19Cl2N3O2S/c1-2-9-30-21-6-4-3-5-15(21)10-17(13-26)22(29)28-23-27-14-19(31-23)12-16-11-18(24)7-8-20(16)25/h3-8,10-11,14H,2,9,12H2,1H3,(H,27,28,29)/b17-10+. The van der Waals surface area contributed by atoms with Gasteiger partial charge in [-0.05, 0) is 42.3 Å². The molecule has 1 heterocycles. The molecule has 0 aliphatic rings. The fraction of sp³-hybridized carbons (Fsp3) is 0.174. The van der Waals surface area contributed by atoms with Gasteiger partial charge in [-0.25, -0.2) is 4.98 Å². The molecule has 3 aromatic rings. The molecule has 0 saturated heterocycles. The maximum Gasteiger partial charge on any atom is 0.268 e. The molecule has 0 unspecified atom stereocenters. The van der Waals surface area contributed by atoms with Gasteiger partial charge in [-0.2, -0.15) is 5.26 Å². The predicted octanol–water partition coefficient (Wildman–Crippen LogP) is 6.38. The van der Waals surface area contributed by atoms with Crippen molar-refractivity contribution < 1.29 is 9.53 Å². The largest absolute Gasteiger partial charge is 0.493 e. The number of para-hydroxylation sites is 1. The first-order valence-corrected chi connectivity index (χ1v) is 11.1. The number of anilines is 1. The second-order valence-electron chi connectivity index (χ2n) is 6.55. The van der Waals surface area contributed by atoms with Gasteiger partial charge < -0.3 is 4.74 Å². The van der Waals surface area contributed by atoms with Gasteiger partial charge in [-0.15, -0.1) is 11.3 Å². The summed E-state index contributed by atoms with van der Waals surface area (Å²) in [6.45, 7) is 2.56. The normalized spacial score (nSPS) is 11.1. The van der Waals surface area contributed by atoms with Crippen LogP contribution in [0.5, 0.6) is 5.75 Å². The summed E-state index contributed by atoms with van der Waals surface area (Å²) in [5.74, 6) is 0.0920. The molecule has 2 aromatic carbocycles. The number of halogens is 2. The first-order valence-electron chi connectivity index (χ1n) is 9.53. The summed E-state index contributed by atoms with van der Waals surface area (Å²) < 4.78 is 5.69. The maximum absolute atomic E-state index is 12.6. The first kappa shape index (κ1) is 22.8. The average molecular weight is 472 g/mol. The molecule has 0 saturated carbocycles. The van der Waals surface area contributed by atoms with Crippen LogP contribution >= 0.6 is 34.5 Å². The summed E-state index contributed by atoms with van der Waals surface area (Å²) in [7, 11) is 0. The van der Waals surface area contributed by atoms with Crippen LogP contribution in [0.25, 0.3) is 6.08 Å². The zero-order chi connectivity index (χ0) is 22.2. The van der Waals surface area contributed by atoms with Gasteiger partial charge in [0.15, 0.2) is 5.13 Å². The number of carbonyl (C=O) groups is 1. The van der Waals surface area contributed by atoms with E-state index in [-0.39, 0.29) is 5.57 Å². The van der Waals surface area contributed by atoms with Crippen molar-refractivity contribution >= 4 is 51.7 Å². The Bertz CT molecular complexity index is 1150. The molecule has 0 aliphatic carbocycles. The zero-order valence-corrected chi connectivity index (χ0v) is 19.0. The van der Waals surface area contributed by atoms with E-state index in [1.807, 2.05) is 31.2 Å². The van der Waals surface area contributed by atoms with Crippen LogP contribution in [0.15, 0.2) is 54.2 Å². The highest BCUT2D eigenvalue weighted by Gasteiger charge is 2.14. The molecule has 31 heavy (non-hydrogen) atoms. The van der Waals surface area contributed by atoms with Gasteiger partial charge in [0.1, 0.15) is 17.4 Å². The van der Waals surface area contributed by atoms with E-state index >= 15 is 0 Å². The Hall–Kier alpha value is -2.85. The van der Waals surface area contributed by atoms with E-state index in [4.69, 9.17) is 27.9 Å². The second-order valence-corrected chi connectivity index (χ2v) is 8.51. The molecule has 0 aliphatic heterocycles. The second kappa shape index (κ2) is 11.0. The zero-order valence-electron chi connectivity index (χ0n) is 16.7. The van der Waals surface area contributed by atoms with Crippen molar-refractivity contribution in [1.82, 2.24) is 4.98 Å². The van der Waals surface area contributed by atoms with Gasteiger partial charge in [0.2, 0.25) is 0 Å². The highest BCUT2D eigenvalue weighted by molar-refractivity contribution is 7.15. The van der Waals surface area contributed by atoms with Crippen LogP contribution in [0.4, 0.5) is 5.13 Å². The number of hydrogen-bond donors (Lipinski definition) is 1. The number of ether oxygens (including phenoxy) is 1. The van der Waals surface area contributed by atoms with Gasteiger partial charge in [-0.1, -0.05) is 48.3 Å². The highest BCUT2D eigenvalue weighted by Crippen LogP contribution is 2.27. The van der Waals surface area contributed by atoms with E-state index in [1.54, 1.807) is 30.5 Å². The lowest BCUT2D eigenvalue weighted by atomic mass is 10.1. The van der Waals surface area contributed by atoms with Crippen molar-refractivity contribution in [2.45, 2.75) is 19.8 Å². The van der Waals surface area contributed by atoms with Gasteiger partial charge in [0, 0.05) is 33.1 Å². The predicted molar refractivity (Wildman–Crippen MR) is 126 cm³/mol. The third-order valence-electron chi connectivity index (χ3n) is 4.19. The van der Waals surface area contributed by atoms with Crippen LogP contribution < -0.4 is 10.1 Å². The Kier molecular flexibility index (Phi) is 8.07. The lowest BCUT2D eigenvalue weighted by Gasteiger charge is -2.08. The number of nitrogens with one attached hydrogen (secondary N) is 1. The molecule has 5 nitrogen and oxygen atoms in total. The molecule has 3 rings (SSSR count). The smallest absolute Gasteiger partial charge is 0.268 e. The molecule has 1 N–H and O–H groups in total. The minimum Gasteiger partial charge on any atom is -0.493 e. The molecule has 1 amide bonds. The molecule has 0 radical (unpaired) electrons. The number of amides is 1. The van der Waals surface area contributed by atoms with Crippen LogP contribution in [0.3, 0.4) is 0 Å². The van der Waals surface area contributed by atoms with Crippen LogP contribution in [0, 0.1) is 11.3 Å². The number of thiazole rings is 1. The molecule has 0 spiro atoms. The SMILES string of the molecule is CCCOc1ccccc1/C=C(\C#N)C(=O)Nc1ncc(Cc2cc(Cl)ccc2Cl)s1. The van der Waals surface area contributed by atoms with Crippen molar-refractivity contribution in [2.75, 3.05) is 11.9 Å². The molecular weight excluding hydrogens is 453 g/mol. The Balaban J connectivity index is 1.73. The summed E-state index contributed by atoms with van der Waals surface area (Å²) in [5, 5.41) is 13.8. The van der Waals surface area contributed by atoms with Crippen LogP contribution in [0.2, 0.25) is 10.0 Å². The van der Waals surface area contributed by atoms with Gasteiger partial charge >= 0.3 is 0 Å². The number of benzene rings is 2. The summed E-state index contributed by atoms with van der Waals surface area (Å²) in [5.41, 5.74) is 1.50. The maximum atomic E-state index is 12.6. The fourth-order valence-corrected chi connectivity index (χ4v) is 3.93. The van der Waals surface area contributed by atoms with Crippen molar-refractivity contribution in [3.8, 4) is 11.8 Å². The summed E-state index contributed by atoms with van der Waals surface area (Å²) in [6.07, 6.45) is 4.58. The van der Waals surface area contributed by atoms with Gasteiger partial charge in [0.25, 0.3) is 5.91 Å². The minimum absolute atomic E-state index is 0.0396. The monoisotopic (exact) mass is 471 g/mol. The number of nitriles is 1. The number of rotatable bonds is 8. The quantitative estimate of drug-likeness (QED) is 0.305. The topological polar surface area (TPSA) is 75.0 Å². The Labute approximate surface area is 194 Å². The van der Waals surface area contributed by atoms with Gasteiger partial charge in [-0.3, -0.25) is 10.1 Å². The van der Waals surface area contributed by atoms with Gasteiger partial charge in [0.05, 0.1) is 6.61 Å². The molecule has 1 aromatic heterocycles. The molecular formula is C23H19Cl2N3O2S. The van der Waals surface area contributed by atoms with E-state index in [0.717, 1.165) is 16.9 Å². The molecule has 0 fully saturated rings. The summed E-state index contributed by atoms with van der Waals surface area (Å²) in [6, 6.07) is 14.5. The molecule has 0 bridgehead atoms. The van der Waals surface area contributed by atoms with E-state index in [9.17, 15) is 10.1 Å². The summed E-state index contributed by atoms with van der Waals surface area (Å²) >= 11 is 13.6. The first-order chi connectivity index (χ1) is 15.0. The fourth-order valence-electron chi connectivity index (χ4n) is 2.73. The van der Waals surface area contributed by atoms with E-state index in [2.05, 4.69) is 10.3 Å². The lowest BCUT2D eigenvalue weighted by molar-refractivity contribution is -0.112. The number of carbonyl (C=O) groups excluding carboxylic acids is 1. The third kappa shape index (κ3) is 6.31. The molecule has 0 atom stereocenters. The Morgan fingerprint density at radius 2 is 2.10 bits per heavy atom. The molecule has 8 heteroatoms.